The largest absolute Gasteiger partial charge is 0.366 e. The van der Waals surface area contributed by atoms with Crippen LogP contribution in [0.4, 0.5) is 5.82 Å². The van der Waals surface area contributed by atoms with Crippen molar-refractivity contribution in [1.29, 1.82) is 0 Å². The molecule has 82 valence electrons. The maximum absolute atomic E-state index is 5.90. The van der Waals surface area contributed by atoms with Crippen LogP contribution in [0, 0.1) is 0 Å². The predicted molar refractivity (Wildman–Crippen MR) is 65.6 cm³/mol. The molecule has 1 aliphatic rings. The highest BCUT2D eigenvalue weighted by molar-refractivity contribution is 7.99. The summed E-state index contributed by atoms with van der Waals surface area (Å²) >= 11 is 7.93. The van der Waals surface area contributed by atoms with Gasteiger partial charge in [0.25, 0.3) is 0 Å². The number of rotatable bonds is 3. The first kappa shape index (κ1) is 11.0. The van der Waals surface area contributed by atoms with Crippen LogP contribution in [-0.4, -0.2) is 27.5 Å². The molecule has 1 unspecified atom stereocenters. The van der Waals surface area contributed by atoms with Gasteiger partial charge in [-0.3, -0.25) is 0 Å². The van der Waals surface area contributed by atoms with Crippen molar-refractivity contribution in [2.45, 2.75) is 24.5 Å². The fourth-order valence-corrected chi connectivity index (χ4v) is 3.03. The van der Waals surface area contributed by atoms with Crippen LogP contribution < -0.4 is 5.32 Å². The third-order valence-electron chi connectivity index (χ3n) is 2.42. The van der Waals surface area contributed by atoms with Gasteiger partial charge in [0.1, 0.15) is 0 Å². The van der Waals surface area contributed by atoms with E-state index in [1.165, 1.54) is 25.0 Å². The Morgan fingerprint density at radius 3 is 3.00 bits per heavy atom. The van der Waals surface area contributed by atoms with Gasteiger partial charge in [-0.2, -0.15) is 11.8 Å². The molecule has 1 saturated heterocycles. The smallest absolute Gasteiger partial charge is 0.171 e. The molecule has 0 saturated carbocycles. The first-order valence-electron chi connectivity index (χ1n) is 5.18. The Kier molecular flexibility index (Phi) is 4.09. The minimum absolute atomic E-state index is 0.457. The molecule has 0 bridgehead atoms. The maximum Gasteiger partial charge on any atom is 0.171 e. The van der Waals surface area contributed by atoms with Gasteiger partial charge in [0.15, 0.2) is 11.0 Å². The van der Waals surface area contributed by atoms with Crippen LogP contribution in [-0.2, 0) is 0 Å². The average molecular weight is 244 g/mol. The molecule has 1 atom stereocenters. The summed E-state index contributed by atoms with van der Waals surface area (Å²) in [4.78, 5) is 8.12. The fraction of sp³-hybridized carbons (Fsp3) is 0.600. The van der Waals surface area contributed by atoms with Gasteiger partial charge in [0.2, 0.25) is 0 Å². The minimum atomic E-state index is 0.457. The first-order chi connectivity index (χ1) is 7.36. The van der Waals surface area contributed by atoms with Crippen LogP contribution in [0.5, 0.6) is 0 Å². The van der Waals surface area contributed by atoms with E-state index in [2.05, 4.69) is 15.3 Å². The number of nitrogens with one attached hydrogen (secondary N) is 1. The summed E-state index contributed by atoms with van der Waals surface area (Å²) in [6.45, 7) is 0.934. The zero-order valence-corrected chi connectivity index (χ0v) is 10.0. The molecular formula is C10H14ClN3S. The van der Waals surface area contributed by atoms with E-state index in [0.717, 1.165) is 6.54 Å². The van der Waals surface area contributed by atoms with Crippen molar-refractivity contribution >= 4 is 29.2 Å². The monoisotopic (exact) mass is 243 g/mol. The predicted octanol–water partition coefficient (Wildman–Crippen LogP) is 2.83. The van der Waals surface area contributed by atoms with Crippen LogP contribution in [0.3, 0.4) is 0 Å². The molecule has 0 radical (unpaired) electrons. The van der Waals surface area contributed by atoms with Crippen LogP contribution in [0.2, 0.25) is 5.15 Å². The van der Waals surface area contributed by atoms with Crippen molar-refractivity contribution in [3.63, 3.8) is 0 Å². The van der Waals surface area contributed by atoms with Crippen molar-refractivity contribution in [1.82, 2.24) is 9.97 Å². The Morgan fingerprint density at radius 1 is 1.40 bits per heavy atom. The minimum Gasteiger partial charge on any atom is -0.366 e. The lowest BCUT2D eigenvalue weighted by atomic mass is 10.2. The number of hydrogen-bond donors (Lipinski definition) is 1. The number of thioether (sulfide) groups is 1. The fourth-order valence-electron chi connectivity index (χ4n) is 1.62. The van der Waals surface area contributed by atoms with E-state index in [4.69, 9.17) is 11.6 Å². The van der Waals surface area contributed by atoms with E-state index in [1.54, 1.807) is 12.4 Å². The number of aromatic nitrogens is 2. The third kappa shape index (κ3) is 3.24. The molecule has 1 aliphatic heterocycles. The average Bonchev–Trinajstić information content (AvgIpc) is 2.29. The summed E-state index contributed by atoms with van der Waals surface area (Å²) in [6.07, 6.45) is 7.24. The molecule has 1 aromatic heterocycles. The molecule has 15 heavy (non-hydrogen) atoms. The van der Waals surface area contributed by atoms with Gasteiger partial charge in [-0.05, 0) is 18.6 Å². The summed E-state index contributed by atoms with van der Waals surface area (Å²) in [6, 6.07) is 0. The Morgan fingerprint density at radius 2 is 2.27 bits per heavy atom. The van der Waals surface area contributed by atoms with E-state index < -0.39 is 0 Å². The molecule has 0 spiro atoms. The highest BCUT2D eigenvalue weighted by Crippen LogP contribution is 2.25. The second kappa shape index (κ2) is 5.56. The van der Waals surface area contributed by atoms with Gasteiger partial charge in [-0.15, -0.1) is 0 Å². The van der Waals surface area contributed by atoms with Crippen LogP contribution in [0.15, 0.2) is 12.4 Å². The highest BCUT2D eigenvalue weighted by Gasteiger charge is 2.14. The topological polar surface area (TPSA) is 37.8 Å². The zero-order valence-electron chi connectivity index (χ0n) is 8.45. The Balaban J connectivity index is 1.84. The van der Waals surface area contributed by atoms with E-state index in [-0.39, 0.29) is 0 Å². The summed E-state index contributed by atoms with van der Waals surface area (Å²) < 4.78 is 0. The second-order valence-electron chi connectivity index (χ2n) is 3.57. The molecule has 5 heteroatoms. The Bertz CT molecular complexity index is 315. The molecule has 2 rings (SSSR count). The van der Waals surface area contributed by atoms with Crippen molar-refractivity contribution in [2.24, 2.45) is 0 Å². The highest BCUT2D eigenvalue weighted by atomic mass is 35.5. The van der Waals surface area contributed by atoms with Gasteiger partial charge in [-0.1, -0.05) is 18.0 Å². The van der Waals surface area contributed by atoms with Gasteiger partial charge in [0.05, 0.1) is 0 Å². The van der Waals surface area contributed by atoms with Crippen LogP contribution in [0.25, 0.3) is 0 Å². The summed E-state index contributed by atoms with van der Waals surface area (Å²) in [5, 5.41) is 4.40. The van der Waals surface area contributed by atoms with Crippen molar-refractivity contribution in [3.05, 3.63) is 17.5 Å². The molecule has 2 heterocycles. The second-order valence-corrected chi connectivity index (χ2v) is 5.33. The zero-order chi connectivity index (χ0) is 10.5. The van der Waals surface area contributed by atoms with Gasteiger partial charge in [-0.25, -0.2) is 9.97 Å². The van der Waals surface area contributed by atoms with Gasteiger partial charge >= 0.3 is 0 Å². The van der Waals surface area contributed by atoms with E-state index in [1.807, 2.05) is 11.8 Å². The molecule has 0 aliphatic carbocycles. The number of anilines is 1. The standard InChI is InChI=1S/C10H14ClN3S/c11-9-10(13-5-4-12-9)14-7-8-3-1-2-6-15-8/h4-5,8H,1-3,6-7H2,(H,13,14). The van der Waals surface area contributed by atoms with Crippen molar-refractivity contribution in [3.8, 4) is 0 Å². The lowest BCUT2D eigenvalue weighted by Crippen LogP contribution is -2.20. The number of nitrogens with zero attached hydrogens (tertiary/aromatic N) is 2. The lowest BCUT2D eigenvalue weighted by Gasteiger charge is -2.21. The van der Waals surface area contributed by atoms with E-state index in [9.17, 15) is 0 Å². The molecule has 0 amide bonds. The maximum atomic E-state index is 5.90. The summed E-state index contributed by atoms with van der Waals surface area (Å²) in [7, 11) is 0. The van der Waals surface area contributed by atoms with Crippen LogP contribution >= 0.6 is 23.4 Å². The van der Waals surface area contributed by atoms with Crippen LogP contribution in [0.1, 0.15) is 19.3 Å². The van der Waals surface area contributed by atoms with Crippen molar-refractivity contribution < 1.29 is 0 Å². The lowest BCUT2D eigenvalue weighted by molar-refractivity contribution is 0.677. The quantitative estimate of drug-likeness (QED) is 0.886. The van der Waals surface area contributed by atoms with Gasteiger partial charge < -0.3 is 5.32 Å². The molecule has 0 aromatic carbocycles. The van der Waals surface area contributed by atoms with E-state index in [0.29, 0.717) is 16.2 Å². The molecule has 1 fully saturated rings. The number of halogens is 1. The molecule has 3 nitrogen and oxygen atoms in total. The number of hydrogen-bond acceptors (Lipinski definition) is 4. The summed E-state index contributed by atoms with van der Waals surface area (Å²) in [5.74, 6) is 1.98. The molecular weight excluding hydrogens is 230 g/mol. The summed E-state index contributed by atoms with van der Waals surface area (Å²) in [5.41, 5.74) is 0. The Hall–Kier alpha value is -0.480. The SMILES string of the molecule is Clc1nccnc1NCC1CCCCS1. The Labute approximate surface area is 99.0 Å². The van der Waals surface area contributed by atoms with Gasteiger partial charge in [0, 0.05) is 24.2 Å². The molecule has 1 N–H and O–H groups in total. The van der Waals surface area contributed by atoms with Crippen molar-refractivity contribution in [2.75, 3.05) is 17.6 Å². The first-order valence-corrected chi connectivity index (χ1v) is 6.61. The normalized spacial score (nSPS) is 21.3. The molecule has 1 aromatic rings. The third-order valence-corrected chi connectivity index (χ3v) is 4.10. The van der Waals surface area contributed by atoms with E-state index >= 15 is 0 Å².